The molecule has 0 amide bonds. The Labute approximate surface area is 123 Å². The molecule has 1 saturated heterocycles. The van der Waals surface area contributed by atoms with E-state index in [4.69, 9.17) is 4.99 Å². The molecule has 2 nitrogen and oxygen atoms in total. The molecule has 2 rings (SSSR count). The van der Waals surface area contributed by atoms with Crippen LogP contribution >= 0.6 is 11.8 Å². The number of amidine groups is 1. The van der Waals surface area contributed by atoms with Crippen molar-refractivity contribution in [3.05, 3.63) is 0 Å². The Bertz CT molecular complexity index is 290. The molecule has 1 heterocycles. The Morgan fingerprint density at radius 1 is 1.32 bits per heavy atom. The second-order valence-electron chi connectivity index (χ2n) is 6.17. The highest BCUT2D eigenvalue weighted by Gasteiger charge is 2.30. The Kier molecular flexibility index (Phi) is 6.55. The van der Waals surface area contributed by atoms with Gasteiger partial charge in [0.1, 0.15) is 0 Å². The fourth-order valence-electron chi connectivity index (χ4n) is 3.20. The van der Waals surface area contributed by atoms with Crippen molar-refractivity contribution in [1.82, 2.24) is 5.32 Å². The molecule has 1 N–H and O–H groups in total. The predicted octanol–water partition coefficient (Wildman–Crippen LogP) is 4.45. The molecule has 1 aliphatic carbocycles. The number of thioether (sulfide) groups is 1. The number of nitrogens with zero attached hydrogens (tertiary/aromatic N) is 1. The van der Waals surface area contributed by atoms with Gasteiger partial charge in [0.15, 0.2) is 5.17 Å². The monoisotopic (exact) mass is 282 g/mol. The highest BCUT2D eigenvalue weighted by Crippen LogP contribution is 2.31. The van der Waals surface area contributed by atoms with E-state index < -0.39 is 0 Å². The van der Waals surface area contributed by atoms with Crippen molar-refractivity contribution in [2.45, 2.75) is 71.3 Å². The van der Waals surface area contributed by atoms with Crippen molar-refractivity contribution in [3.8, 4) is 0 Å². The number of hydrogen-bond donors (Lipinski definition) is 1. The topological polar surface area (TPSA) is 24.4 Å². The number of hydrogen-bond acceptors (Lipinski definition) is 2. The Hall–Kier alpha value is -0.180. The number of nitrogens with one attached hydrogen (secondary N) is 1. The van der Waals surface area contributed by atoms with E-state index in [0.29, 0.717) is 0 Å². The lowest BCUT2D eigenvalue weighted by Gasteiger charge is -2.37. The fraction of sp³-hybridized carbons (Fsp3) is 0.938. The van der Waals surface area contributed by atoms with Crippen LogP contribution in [0.5, 0.6) is 0 Å². The van der Waals surface area contributed by atoms with Crippen LogP contribution in [-0.2, 0) is 0 Å². The van der Waals surface area contributed by atoms with Gasteiger partial charge in [0, 0.05) is 18.3 Å². The summed E-state index contributed by atoms with van der Waals surface area (Å²) >= 11 is 1.96. The van der Waals surface area contributed by atoms with Crippen LogP contribution in [0.4, 0.5) is 0 Å². The van der Waals surface area contributed by atoms with Crippen molar-refractivity contribution in [2.24, 2.45) is 16.8 Å². The van der Waals surface area contributed by atoms with Crippen LogP contribution in [0.25, 0.3) is 0 Å². The molecule has 2 fully saturated rings. The van der Waals surface area contributed by atoms with Gasteiger partial charge < -0.3 is 5.32 Å². The van der Waals surface area contributed by atoms with Gasteiger partial charge in [-0.2, -0.15) is 0 Å². The van der Waals surface area contributed by atoms with E-state index in [9.17, 15) is 0 Å². The summed E-state index contributed by atoms with van der Waals surface area (Å²) in [5.74, 6) is 2.99. The molecule has 0 aromatic rings. The number of unbranched alkanes of at least 4 members (excludes halogenated alkanes) is 1. The Balaban J connectivity index is 1.79. The lowest BCUT2D eigenvalue weighted by Crippen LogP contribution is -2.46. The first-order valence-electron chi connectivity index (χ1n) is 8.27. The first-order chi connectivity index (χ1) is 9.33. The third kappa shape index (κ3) is 4.70. The number of aliphatic imine (C=N–C) groups is 1. The third-order valence-electron chi connectivity index (χ3n) is 4.69. The van der Waals surface area contributed by atoms with Crippen molar-refractivity contribution in [1.29, 1.82) is 0 Å². The van der Waals surface area contributed by atoms with Crippen molar-refractivity contribution in [3.63, 3.8) is 0 Å². The molecule has 0 aromatic carbocycles. The first-order valence-corrected chi connectivity index (χ1v) is 9.25. The van der Waals surface area contributed by atoms with Crippen LogP contribution in [0.3, 0.4) is 0 Å². The molecule has 3 unspecified atom stereocenters. The van der Waals surface area contributed by atoms with Gasteiger partial charge in [0.2, 0.25) is 0 Å². The van der Waals surface area contributed by atoms with Gasteiger partial charge in [-0.25, -0.2) is 0 Å². The summed E-state index contributed by atoms with van der Waals surface area (Å²) in [5.41, 5.74) is 0. The summed E-state index contributed by atoms with van der Waals surface area (Å²) in [7, 11) is 0. The SMILES string of the molecule is CCCCC(CC)CN=C1NC2CCCCC2CS1. The minimum Gasteiger partial charge on any atom is -0.362 e. The van der Waals surface area contributed by atoms with Gasteiger partial charge in [-0.15, -0.1) is 0 Å². The molecule has 1 saturated carbocycles. The lowest BCUT2D eigenvalue weighted by molar-refractivity contribution is 0.311. The molecular weight excluding hydrogens is 252 g/mol. The second-order valence-corrected chi connectivity index (χ2v) is 7.18. The highest BCUT2D eigenvalue weighted by molar-refractivity contribution is 8.13. The van der Waals surface area contributed by atoms with E-state index in [0.717, 1.165) is 24.4 Å². The smallest absolute Gasteiger partial charge is 0.156 e. The van der Waals surface area contributed by atoms with Crippen molar-refractivity contribution < 1.29 is 0 Å². The molecule has 3 heteroatoms. The third-order valence-corrected chi connectivity index (χ3v) is 5.80. The van der Waals surface area contributed by atoms with Crippen LogP contribution < -0.4 is 5.32 Å². The molecule has 0 aromatic heterocycles. The largest absolute Gasteiger partial charge is 0.362 e. The minimum absolute atomic E-state index is 0.726. The first kappa shape index (κ1) is 15.2. The van der Waals surface area contributed by atoms with Gasteiger partial charge in [0.05, 0.1) is 0 Å². The van der Waals surface area contributed by atoms with Crippen LogP contribution in [0.15, 0.2) is 4.99 Å². The standard InChI is InChI=1S/C16H30N2S/c1-3-5-8-13(4-2)11-17-16-18-15-10-7-6-9-14(15)12-19-16/h13-15H,3-12H2,1-2H3,(H,17,18). The zero-order valence-corrected chi connectivity index (χ0v) is 13.5. The second kappa shape index (κ2) is 8.18. The maximum Gasteiger partial charge on any atom is 0.156 e. The average molecular weight is 282 g/mol. The van der Waals surface area contributed by atoms with E-state index in [1.165, 1.54) is 62.3 Å². The van der Waals surface area contributed by atoms with Gasteiger partial charge >= 0.3 is 0 Å². The Morgan fingerprint density at radius 3 is 2.95 bits per heavy atom. The van der Waals surface area contributed by atoms with E-state index >= 15 is 0 Å². The van der Waals surface area contributed by atoms with Crippen LogP contribution in [0.2, 0.25) is 0 Å². The maximum atomic E-state index is 4.87. The molecule has 2 aliphatic rings. The summed E-state index contributed by atoms with van der Waals surface area (Å²) in [5, 5.41) is 4.94. The normalized spacial score (nSPS) is 30.7. The predicted molar refractivity (Wildman–Crippen MR) is 86.9 cm³/mol. The zero-order valence-electron chi connectivity index (χ0n) is 12.7. The number of rotatable bonds is 6. The maximum absolute atomic E-state index is 4.87. The van der Waals surface area contributed by atoms with Gasteiger partial charge in [-0.05, 0) is 31.1 Å². The van der Waals surface area contributed by atoms with E-state index in [-0.39, 0.29) is 0 Å². The fourth-order valence-corrected chi connectivity index (χ4v) is 4.38. The molecule has 1 aliphatic heterocycles. The van der Waals surface area contributed by atoms with Crippen LogP contribution in [-0.4, -0.2) is 23.5 Å². The Morgan fingerprint density at radius 2 is 2.16 bits per heavy atom. The summed E-state index contributed by atoms with van der Waals surface area (Å²) in [6.45, 7) is 5.61. The van der Waals surface area contributed by atoms with E-state index in [1.807, 2.05) is 11.8 Å². The molecule has 3 atom stereocenters. The summed E-state index contributed by atoms with van der Waals surface area (Å²) in [6, 6.07) is 0.726. The molecular formula is C16H30N2S. The zero-order chi connectivity index (χ0) is 13.5. The average Bonchev–Trinajstić information content (AvgIpc) is 2.47. The van der Waals surface area contributed by atoms with E-state index in [1.54, 1.807) is 0 Å². The summed E-state index contributed by atoms with van der Waals surface area (Å²) in [6.07, 6.45) is 10.9. The molecule has 0 radical (unpaired) electrons. The van der Waals surface area contributed by atoms with Gasteiger partial charge in [-0.3, -0.25) is 4.99 Å². The lowest BCUT2D eigenvalue weighted by atomic mass is 9.86. The molecule has 0 bridgehead atoms. The summed E-state index contributed by atoms with van der Waals surface area (Å²) < 4.78 is 0. The molecule has 19 heavy (non-hydrogen) atoms. The highest BCUT2D eigenvalue weighted by atomic mass is 32.2. The van der Waals surface area contributed by atoms with Crippen LogP contribution in [0.1, 0.15) is 65.2 Å². The van der Waals surface area contributed by atoms with Gasteiger partial charge in [0.25, 0.3) is 0 Å². The number of fused-ring (bicyclic) bond motifs is 1. The molecule has 110 valence electrons. The van der Waals surface area contributed by atoms with Crippen LogP contribution in [0, 0.1) is 11.8 Å². The van der Waals surface area contributed by atoms with Crippen molar-refractivity contribution >= 4 is 16.9 Å². The van der Waals surface area contributed by atoms with Gasteiger partial charge in [-0.1, -0.05) is 57.7 Å². The van der Waals surface area contributed by atoms with E-state index in [2.05, 4.69) is 19.2 Å². The quantitative estimate of drug-likeness (QED) is 0.778. The van der Waals surface area contributed by atoms with Crippen molar-refractivity contribution in [2.75, 3.05) is 12.3 Å². The summed E-state index contributed by atoms with van der Waals surface area (Å²) in [4.78, 5) is 4.87. The molecule has 0 spiro atoms. The minimum atomic E-state index is 0.726.